The Morgan fingerprint density at radius 1 is 0.882 bits per heavy atom. The SMILES string of the molecule is CC(C)(C)NC1CCC(N2CCCCC2)CC1. The van der Waals surface area contributed by atoms with Crippen molar-refractivity contribution in [2.24, 2.45) is 0 Å². The van der Waals surface area contributed by atoms with E-state index in [0.717, 1.165) is 12.1 Å². The van der Waals surface area contributed by atoms with Crippen LogP contribution in [0.15, 0.2) is 0 Å². The topological polar surface area (TPSA) is 15.3 Å². The monoisotopic (exact) mass is 238 g/mol. The van der Waals surface area contributed by atoms with Crippen molar-refractivity contribution in [2.75, 3.05) is 13.1 Å². The first-order valence-corrected chi connectivity index (χ1v) is 7.56. The summed E-state index contributed by atoms with van der Waals surface area (Å²) in [5.41, 5.74) is 0.280. The maximum atomic E-state index is 3.76. The van der Waals surface area contributed by atoms with Crippen LogP contribution in [0.4, 0.5) is 0 Å². The second kappa shape index (κ2) is 5.71. The van der Waals surface area contributed by atoms with E-state index in [1.165, 1.54) is 58.0 Å². The third kappa shape index (κ3) is 4.26. The molecule has 0 unspecified atom stereocenters. The molecule has 1 aliphatic carbocycles. The number of hydrogen-bond donors (Lipinski definition) is 1. The minimum atomic E-state index is 0.280. The molecule has 0 amide bonds. The average molecular weight is 238 g/mol. The van der Waals surface area contributed by atoms with Gasteiger partial charge in [-0.15, -0.1) is 0 Å². The molecule has 0 atom stereocenters. The molecule has 0 aromatic carbocycles. The van der Waals surface area contributed by atoms with Gasteiger partial charge in [0, 0.05) is 17.6 Å². The van der Waals surface area contributed by atoms with Crippen molar-refractivity contribution in [3.05, 3.63) is 0 Å². The molecular formula is C15H30N2. The molecule has 2 fully saturated rings. The highest BCUT2D eigenvalue weighted by molar-refractivity contribution is 4.87. The molecule has 1 aliphatic heterocycles. The zero-order valence-corrected chi connectivity index (χ0v) is 12.0. The Hall–Kier alpha value is -0.0800. The summed E-state index contributed by atoms with van der Waals surface area (Å²) < 4.78 is 0. The average Bonchev–Trinajstić information content (AvgIpc) is 2.29. The third-order valence-corrected chi connectivity index (χ3v) is 4.24. The maximum absolute atomic E-state index is 3.76. The first-order chi connectivity index (χ1) is 8.04. The van der Waals surface area contributed by atoms with Crippen LogP contribution in [-0.4, -0.2) is 35.6 Å². The van der Waals surface area contributed by atoms with E-state index in [1.54, 1.807) is 0 Å². The van der Waals surface area contributed by atoms with Gasteiger partial charge in [-0.1, -0.05) is 6.42 Å². The summed E-state index contributed by atoms with van der Waals surface area (Å²) >= 11 is 0. The van der Waals surface area contributed by atoms with Crippen LogP contribution in [-0.2, 0) is 0 Å². The molecular weight excluding hydrogens is 208 g/mol. The Kier molecular flexibility index (Phi) is 4.48. The minimum absolute atomic E-state index is 0.280. The minimum Gasteiger partial charge on any atom is -0.309 e. The number of likely N-dealkylation sites (tertiary alicyclic amines) is 1. The summed E-state index contributed by atoms with van der Waals surface area (Å²) in [5, 5.41) is 3.76. The number of hydrogen-bond acceptors (Lipinski definition) is 2. The third-order valence-electron chi connectivity index (χ3n) is 4.24. The van der Waals surface area contributed by atoms with E-state index in [0.29, 0.717) is 0 Å². The predicted molar refractivity (Wildman–Crippen MR) is 74.4 cm³/mol. The van der Waals surface area contributed by atoms with E-state index in [9.17, 15) is 0 Å². The molecule has 1 N–H and O–H groups in total. The van der Waals surface area contributed by atoms with E-state index < -0.39 is 0 Å². The van der Waals surface area contributed by atoms with Crippen molar-refractivity contribution in [1.29, 1.82) is 0 Å². The first kappa shape index (κ1) is 13.4. The van der Waals surface area contributed by atoms with Gasteiger partial charge in [-0.05, 0) is 72.4 Å². The molecule has 0 aromatic rings. The Labute approximate surface area is 107 Å². The zero-order chi connectivity index (χ0) is 12.3. The summed E-state index contributed by atoms with van der Waals surface area (Å²) in [6, 6.07) is 1.66. The molecule has 2 nitrogen and oxygen atoms in total. The number of rotatable bonds is 2. The fourth-order valence-electron chi connectivity index (χ4n) is 3.48. The van der Waals surface area contributed by atoms with Crippen molar-refractivity contribution in [2.45, 2.75) is 83.3 Å². The fraction of sp³-hybridized carbons (Fsp3) is 1.00. The van der Waals surface area contributed by atoms with E-state index in [1.807, 2.05) is 0 Å². The van der Waals surface area contributed by atoms with E-state index >= 15 is 0 Å². The van der Waals surface area contributed by atoms with Gasteiger partial charge in [-0.2, -0.15) is 0 Å². The lowest BCUT2D eigenvalue weighted by Gasteiger charge is -2.40. The van der Waals surface area contributed by atoms with Crippen LogP contribution in [0.5, 0.6) is 0 Å². The lowest BCUT2D eigenvalue weighted by Crippen LogP contribution is -2.48. The van der Waals surface area contributed by atoms with Crippen LogP contribution in [0, 0.1) is 0 Å². The van der Waals surface area contributed by atoms with Gasteiger partial charge in [0.05, 0.1) is 0 Å². The molecule has 0 aromatic heterocycles. The highest BCUT2D eigenvalue weighted by Gasteiger charge is 2.28. The molecule has 2 heteroatoms. The smallest absolute Gasteiger partial charge is 0.00990 e. The van der Waals surface area contributed by atoms with Gasteiger partial charge in [0.15, 0.2) is 0 Å². The lowest BCUT2D eigenvalue weighted by molar-refractivity contribution is 0.116. The molecule has 2 aliphatic rings. The quantitative estimate of drug-likeness (QED) is 0.795. The van der Waals surface area contributed by atoms with Crippen molar-refractivity contribution in [3.8, 4) is 0 Å². The number of nitrogens with one attached hydrogen (secondary N) is 1. The second-order valence-corrected chi connectivity index (χ2v) is 7.00. The summed E-state index contributed by atoms with van der Waals surface area (Å²) in [6.45, 7) is 9.57. The van der Waals surface area contributed by atoms with Crippen LogP contribution in [0.3, 0.4) is 0 Å². The fourth-order valence-corrected chi connectivity index (χ4v) is 3.48. The normalized spacial score (nSPS) is 32.6. The molecule has 2 rings (SSSR count). The highest BCUT2D eigenvalue weighted by Crippen LogP contribution is 2.26. The lowest BCUT2D eigenvalue weighted by atomic mass is 9.88. The van der Waals surface area contributed by atoms with Gasteiger partial charge in [-0.25, -0.2) is 0 Å². The molecule has 0 bridgehead atoms. The molecule has 0 spiro atoms. The van der Waals surface area contributed by atoms with Gasteiger partial charge < -0.3 is 10.2 Å². The standard InChI is InChI=1S/C15H30N2/c1-15(2,3)16-13-7-9-14(10-8-13)17-11-5-4-6-12-17/h13-14,16H,4-12H2,1-3H3. The molecule has 1 saturated heterocycles. The van der Waals surface area contributed by atoms with Crippen LogP contribution in [0.2, 0.25) is 0 Å². The first-order valence-electron chi connectivity index (χ1n) is 7.56. The largest absolute Gasteiger partial charge is 0.309 e. The van der Waals surface area contributed by atoms with Crippen LogP contribution in [0.25, 0.3) is 0 Å². The van der Waals surface area contributed by atoms with Crippen LogP contribution in [0.1, 0.15) is 65.7 Å². The molecule has 1 saturated carbocycles. The summed E-state index contributed by atoms with van der Waals surface area (Å²) in [4.78, 5) is 2.76. The van der Waals surface area contributed by atoms with Gasteiger partial charge >= 0.3 is 0 Å². The molecule has 100 valence electrons. The number of piperidine rings is 1. The van der Waals surface area contributed by atoms with E-state index in [4.69, 9.17) is 0 Å². The maximum Gasteiger partial charge on any atom is 0.00990 e. The van der Waals surface area contributed by atoms with Crippen molar-refractivity contribution >= 4 is 0 Å². The second-order valence-electron chi connectivity index (χ2n) is 7.00. The summed E-state index contributed by atoms with van der Waals surface area (Å²) in [6.07, 6.45) is 9.89. The van der Waals surface area contributed by atoms with Gasteiger partial charge in [-0.3, -0.25) is 0 Å². The Morgan fingerprint density at radius 3 is 2.00 bits per heavy atom. The zero-order valence-electron chi connectivity index (χ0n) is 12.0. The van der Waals surface area contributed by atoms with Crippen LogP contribution >= 0.6 is 0 Å². The highest BCUT2D eigenvalue weighted by atomic mass is 15.2. The molecule has 1 heterocycles. The van der Waals surface area contributed by atoms with Crippen molar-refractivity contribution in [3.63, 3.8) is 0 Å². The molecule has 0 radical (unpaired) electrons. The Bertz CT molecular complexity index is 218. The van der Waals surface area contributed by atoms with E-state index in [-0.39, 0.29) is 5.54 Å². The van der Waals surface area contributed by atoms with Crippen molar-refractivity contribution in [1.82, 2.24) is 10.2 Å². The summed E-state index contributed by atoms with van der Waals surface area (Å²) in [7, 11) is 0. The molecule has 17 heavy (non-hydrogen) atoms. The summed E-state index contributed by atoms with van der Waals surface area (Å²) in [5.74, 6) is 0. The number of nitrogens with zero attached hydrogens (tertiary/aromatic N) is 1. The van der Waals surface area contributed by atoms with Gasteiger partial charge in [0.1, 0.15) is 0 Å². The van der Waals surface area contributed by atoms with E-state index in [2.05, 4.69) is 31.0 Å². The Morgan fingerprint density at radius 2 is 1.47 bits per heavy atom. The van der Waals surface area contributed by atoms with Gasteiger partial charge in [0.2, 0.25) is 0 Å². The Balaban J connectivity index is 1.73. The van der Waals surface area contributed by atoms with Crippen molar-refractivity contribution < 1.29 is 0 Å². The van der Waals surface area contributed by atoms with Gasteiger partial charge in [0.25, 0.3) is 0 Å². The van der Waals surface area contributed by atoms with Crippen LogP contribution < -0.4 is 5.32 Å². The predicted octanol–water partition coefficient (Wildman–Crippen LogP) is 3.17.